The zero-order valence-electron chi connectivity index (χ0n) is 8.91. The van der Waals surface area contributed by atoms with Crippen LogP contribution in [0.2, 0.25) is 0 Å². The van der Waals surface area contributed by atoms with Crippen molar-refractivity contribution in [2.24, 2.45) is 0 Å². The number of nitrogens with one attached hydrogen (secondary N) is 1. The summed E-state index contributed by atoms with van der Waals surface area (Å²) < 4.78 is 24.1. The molecule has 0 radical (unpaired) electrons. The molecule has 0 aliphatic rings. The van der Waals surface area contributed by atoms with Crippen LogP contribution in [0.3, 0.4) is 0 Å². The summed E-state index contributed by atoms with van der Waals surface area (Å²) in [6, 6.07) is 6.26. The zero-order valence-corrected chi connectivity index (χ0v) is 10.5. The van der Waals surface area contributed by atoms with Gasteiger partial charge in [0.15, 0.2) is 15.7 Å². The second-order valence-electron chi connectivity index (χ2n) is 3.52. The predicted octanol–water partition coefficient (Wildman–Crippen LogP) is 0.725. The average Bonchev–Trinajstić information content (AvgIpc) is 2.59. The molecule has 6 nitrogen and oxygen atoms in total. The van der Waals surface area contributed by atoms with Crippen molar-refractivity contribution >= 4 is 22.1 Å². The Kier molecular flexibility index (Phi) is 2.76. The highest BCUT2D eigenvalue weighted by atomic mass is 32.2. The standard InChI is InChI=1S/C9H10N4O2S2/c1-17(14,15)7-4-2-6(3-5-7)8-11-12-9(16)13(8)10/h2-5H,10H2,1H3,(H,12,16). The summed E-state index contributed by atoms with van der Waals surface area (Å²) in [4.78, 5) is 0.249. The molecule has 0 saturated heterocycles. The molecule has 0 saturated carbocycles. The molecular formula is C9H10N4O2S2. The van der Waals surface area contributed by atoms with Crippen molar-refractivity contribution in [3.8, 4) is 11.4 Å². The quantitative estimate of drug-likeness (QED) is 0.619. The molecule has 1 aromatic heterocycles. The lowest BCUT2D eigenvalue weighted by atomic mass is 10.2. The number of sulfone groups is 1. The molecule has 1 aromatic carbocycles. The van der Waals surface area contributed by atoms with Gasteiger partial charge in [-0.05, 0) is 36.5 Å². The van der Waals surface area contributed by atoms with Crippen LogP contribution in [0.1, 0.15) is 0 Å². The smallest absolute Gasteiger partial charge is 0.214 e. The van der Waals surface area contributed by atoms with Gasteiger partial charge < -0.3 is 5.84 Å². The van der Waals surface area contributed by atoms with Gasteiger partial charge in [0, 0.05) is 11.8 Å². The SMILES string of the molecule is CS(=O)(=O)c1ccc(-c2n[nH]c(=S)n2N)cc1. The highest BCUT2D eigenvalue weighted by Gasteiger charge is 2.09. The van der Waals surface area contributed by atoms with Gasteiger partial charge in [-0.2, -0.15) is 5.10 Å². The molecule has 0 amide bonds. The van der Waals surface area contributed by atoms with Crippen LogP contribution < -0.4 is 5.84 Å². The summed E-state index contributed by atoms with van der Waals surface area (Å²) in [5.41, 5.74) is 0.687. The first-order valence-electron chi connectivity index (χ1n) is 4.62. The van der Waals surface area contributed by atoms with Crippen molar-refractivity contribution in [3.05, 3.63) is 29.0 Å². The van der Waals surface area contributed by atoms with Crippen molar-refractivity contribution in [2.75, 3.05) is 12.1 Å². The van der Waals surface area contributed by atoms with Crippen LogP contribution in [0.4, 0.5) is 0 Å². The maximum Gasteiger partial charge on any atom is 0.214 e. The highest BCUT2D eigenvalue weighted by molar-refractivity contribution is 7.90. The molecule has 0 fully saturated rings. The van der Waals surface area contributed by atoms with Crippen molar-refractivity contribution in [1.29, 1.82) is 0 Å². The number of nitrogens with two attached hydrogens (primary N) is 1. The number of nitrogen functional groups attached to an aromatic ring is 1. The number of benzene rings is 1. The Bertz CT molecular complexity index is 697. The van der Waals surface area contributed by atoms with E-state index in [1.54, 1.807) is 12.1 Å². The molecule has 1 heterocycles. The molecule has 0 unspecified atom stereocenters. The fraction of sp³-hybridized carbons (Fsp3) is 0.111. The van der Waals surface area contributed by atoms with Gasteiger partial charge in [0.2, 0.25) is 4.77 Å². The van der Waals surface area contributed by atoms with Gasteiger partial charge in [0.1, 0.15) is 0 Å². The maximum absolute atomic E-state index is 11.3. The van der Waals surface area contributed by atoms with E-state index in [2.05, 4.69) is 10.2 Å². The Labute approximate surface area is 103 Å². The Morgan fingerprint density at radius 2 is 1.94 bits per heavy atom. The number of H-pyrrole nitrogens is 1. The lowest BCUT2D eigenvalue weighted by Gasteiger charge is -2.02. The van der Waals surface area contributed by atoms with E-state index in [9.17, 15) is 8.42 Å². The second kappa shape index (κ2) is 3.97. The molecular weight excluding hydrogens is 260 g/mol. The lowest BCUT2D eigenvalue weighted by Crippen LogP contribution is -2.09. The Balaban J connectivity index is 2.50. The average molecular weight is 270 g/mol. The van der Waals surface area contributed by atoms with Crippen molar-refractivity contribution < 1.29 is 8.42 Å². The van der Waals surface area contributed by atoms with E-state index in [0.717, 1.165) is 6.26 Å². The van der Waals surface area contributed by atoms with Gasteiger partial charge >= 0.3 is 0 Å². The zero-order chi connectivity index (χ0) is 12.6. The summed E-state index contributed by atoms with van der Waals surface area (Å²) in [5, 5.41) is 6.50. The van der Waals surface area contributed by atoms with Crippen LogP contribution in [0, 0.1) is 4.77 Å². The first kappa shape index (κ1) is 11.8. The Hall–Kier alpha value is -1.67. The minimum Gasteiger partial charge on any atom is -0.335 e. The summed E-state index contributed by atoms with van der Waals surface area (Å²) in [5.74, 6) is 6.11. The first-order valence-corrected chi connectivity index (χ1v) is 6.92. The third kappa shape index (κ3) is 2.22. The highest BCUT2D eigenvalue weighted by Crippen LogP contribution is 2.18. The lowest BCUT2D eigenvalue weighted by molar-refractivity contribution is 0.602. The van der Waals surface area contributed by atoms with Crippen LogP contribution in [0.25, 0.3) is 11.4 Å². The van der Waals surface area contributed by atoms with E-state index in [4.69, 9.17) is 18.1 Å². The summed E-state index contributed by atoms with van der Waals surface area (Å²) >= 11 is 4.88. The van der Waals surface area contributed by atoms with E-state index in [1.165, 1.54) is 16.8 Å². The minimum atomic E-state index is -3.19. The van der Waals surface area contributed by atoms with Crippen LogP contribution in [-0.4, -0.2) is 29.5 Å². The molecule has 3 N–H and O–H groups in total. The number of nitrogens with zero attached hydrogens (tertiary/aromatic N) is 2. The summed E-state index contributed by atoms with van der Waals surface area (Å²) in [7, 11) is -3.19. The fourth-order valence-corrected chi connectivity index (χ4v) is 2.12. The summed E-state index contributed by atoms with van der Waals surface area (Å²) in [6.07, 6.45) is 1.15. The first-order chi connectivity index (χ1) is 7.89. The number of aromatic amines is 1. The molecule has 2 rings (SSSR count). The van der Waals surface area contributed by atoms with E-state index in [0.29, 0.717) is 16.2 Å². The third-order valence-electron chi connectivity index (χ3n) is 2.25. The van der Waals surface area contributed by atoms with Crippen LogP contribution in [0.5, 0.6) is 0 Å². The monoisotopic (exact) mass is 270 g/mol. The third-order valence-corrected chi connectivity index (χ3v) is 3.66. The number of aromatic nitrogens is 3. The Morgan fingerprint density at radius 3 is 2.35 bits per heavy atom. The van der Waals surface area contributed by atoms with Crippen molar-refractivity contribution in [3.63, 3.8) is 0 Å². The molecule has 0 spiro atoms. The predicted molar refractivity (Wildman–Crippen MR) is 66.1 cm³/mol. The minimum absolute atomic E-state index is 0.249. The topological polar surface area (TPSA) is 93.8 Å². The largest absolute Gasteiger partial charge is 0.335 e. The van der Waals surface area contributed by atoms with Gasteiger partial charge in [0.05, 0.1) is 4.90 Å². The van der Waals surface area contributed by atoms with E-state index in [-0.39, 0.29) is 4.90 Å². The molecule has 8 heteroatoms. The van der Waals surface area contributed by atoms with Gasteiger partial charge in [-0.15, -0.1) is 0 Å². The molecule has 2 aromatic rings. The molecule has 0 aliphatic heterocycles. The van der Waals surface area contributed by atoms with Gasteiger partial charge in [0.25, 0.3) is 0 Å². The second-order valence-corrected chi connectivity index (χ2v) is 5.92. The van der Waals surface area contributed by atoms with Crippen LogP contribution in [-0.2, 0) is 9.84 Å². The van der Waals surface area contributed by atoms with Crippen molar-refractivity contribution in [2.45, 2.75) is 4.90 Å². The molecule has 0 bridgehead atoms. The Morgan fingerprint density at radius 1 is 1.35 bits per heavy atom. The van der Waals surface area contributed by atoms with E-state index in [1.807, 2.05) is 0 Å². The van der Waals surface area contributed by atoms with E-state index >= 15 is 0 Å². The molecule has 0 atom stereocenters. The van der Waals surface area contributed by atoms with E-state index < -0.39 is 9.84 Å². The van der Waals surface area contributed by atoms with Gasteiger partial charge in [-0.25, -0.2) is 18.2 Å². The molecule has 17 heavy (non-hydrogen) atoms. The van der Waals surface area contributed by atoms with Crippen LogP contribution >= 0.6 is 12.2 Å². The molecule has 90 valence electrons. The van der Waals surface area contributed by atoms with Crippen molar-refractivity contribution in [1.82, 2.24) is 14.9 Å². The van der Waals surface area contributed by atoms with Crippen LogP contribution in [0.15, 0.2) is 29.2 Å². The maximum atomic E-state index is 11.3. The van der Waals surface area contributed by atoms with Gasteiger partial charge in [-0.1, -0.05) is 0 Å². The fourth-order valence-electron chi connectivity index (χ4n) is 1.36. The summed E-state index contributed by atoms with van der Waals surface area (Å²) in [6.45, 7) is 0. The number of hydrogen-bond acceptors (Lipinski definition) is 5. The number of hydrogen-bond donors (Lipinski definition) is 2. The number of rotatable bonds is 2. The normalized spacial score (nSPS) is 11.6. The van der Waals surface area contributed by atoms with Gasteiger partial charge in [-0.3, -0.25) is 0 Å². The molecule has 0 aliphatic carbocycles.